The number of hydrogen-bond donors (Lipinski definition) is 1. The molecule has 0 aliphatic carbocycles. The van der Waals surface area contributed by atoms with Crippen LogP contribution in [0.1, 0.15) is 20.8 Å². The van der Waals surface area contributed by atoms with Gasteiger partial charge < -0.3 is 5.32 Å². The van der Waals surface area contributed by atoms with Crippen molar-refractivity contribution in [3.8, 4) is 0 Å². The molecule has 1 fully saturated rings. The van der Waals surface area contributed by atoms with E-state index in [0.29, 0.717) is 12.0 Å². The Morgan fingerprint density at radius 1 is 1.20 bits per heavy atom. The van der Waals surface area contributed by atoms with Crippen LogP contribution in [-0.2, 0) is 10.8 Å². The summed E-state index contributed by atoms with van der Waals surface area (Å²) in [7, 11) is -0.553. The topological polar surface area (TPSA) is 32.3 Å². The van der Waals surface area contributed by atoms with E-state index in [9.17, 15) is 4.21 Å². The summed E-state index contributed by atoms with van der Waals surface area (Å²) >= 11 is 0. The van der Waals surface area contributed by atoms with Crippen LogP contribution in [0.15, 0.2) is 0 Å². The van der Waals surface area contributed by atoms with Crippen molar-refractivity contribution in [3.63, 3.8) is 0 Å². The lowest BCUT2D eigenvalue weighted by Crippen LogP contribution is -2.47. The second kappa shape index (κ2) is 6.61. The van der Waals surface area contributed by atoms with Gasteiger partial charge in [-0.05, 0) is 19.4 Å². The summed E-state index contributed by atoms with van der Waals surface area (Å²) in [5.74, 6) is 2.43. The van der Waals surface area contributed by atoms with Crippen LogP contribution in [0.2, 0.25) is 0 Å². The lowest BCUT2D eigenvalue weighted by Gasteiger charge is -2.32. The minimum atomic E-state index is -0.553. The molecule has 0 amide bonds. The lowest BCUT2D eigenvalue weighted by molar-refractivity contribution is 0.222. The molecule has 1 saturated heterocycles. The molecule has 4 heteroatoms. The predicted octanol–water partition coefficient (Wildman–Crippen LogP) is 0.685. The maximum Gasteiger partial charge on any atom is 0.0363 e. The summed E-state index contributed by atoms with van der Waals surface area (Å²) in [6.45, 7) is 10.8. The van der Waals surface area contributed by atoms with Gasteiger partial charge in [0.15, 0.2) is 0 Å². The van der Waals surface area contributed by atoms with Gasteiger partial charge in [0.25, 0.3) is 0 Å². The normalized spacial score (nSPS) is 22.1. The average Bonchev–Trinajstić information content (AvgIpc) is 2.18. The molecule has 90 valence electrons. The van der Waals surface area contributed by atoms with Gasteiger partial charge in [-0.1, -0.05) is 13.8 Å². The third-order valence-corrected chi connectivity index (χ3v) is 4.10. The van der Waals surface area contributed by atoms with Crippen molar-refractivity contribution in [2.75, 3.05) is 37.7 Å². The van der Waals surface area contributed by atoms with Crippen LogP contribution in [0.3, 0.4) is 0 Å². The second-order valence-corrected chi connectivity index (χ2v) is 6.48. The van der Waals surface area contributed by atoms with Crippen LogP contribution in [0.25, 0.3) is 0 Å². The monoisotopic (exact) mass is 232 g/mol. The van der Waals surface area contributed by atoms with Crippen molar-refractivity contribution in [2.45, 2.75) is 26.8 Å². The quantitative estimate of drug-likeness (QED) is 0.757. The Morgan fingerprint density at radius 3 is 2.33 bits per heavy atom. The van der Waals surface area contributed by atoms with Crippen LogP contribution < -0.4 is 5.32 Å². The largest absolute Gasteiger partial charge is 0.315 e. The zero-order chi connectivity index (χ0) is 11.3. The first-order chi connectivity index (χ1) is 7.09. The number of hydrogen-bond acceptors (Lipinski definition) is 3. The van der Waals surface area contributed by atoms with Gasteiger partial charge in [-0.2, -0.15) is 0 Å². The van der Waals surface area contributed by atoms with Crippen LogP contribution in [0.5, 0.6) is 0 Å². The Morgan fingerprint density at radius 2 is 1.80 bits per heavy atom. The Hall–Kier alpha value is 0.0700. The maximum absolute atomic E-state index is 11.2. The van der Waals surface area contributed by atoms with Gasteiger partial charge in [0, 0.05) is 48.0 Å². The summed E-state index contributed by atoms with van der Waals surface area (Å²) in [6.07, 6.45) is 0. The van der Waals surface area contributed by atoms with Crippen molar-refractivity contribution in [1.82, 2.24) is 10.2 Å². The Labute approximate surface area is 96.1 Å². The van der Waals surface area contributed by atoms with E-state index in [0.717, 1.165) is 37.7 Å². The third-order valence-electron chi connectivity index (χ3n) is 2.83. The fourth-order valence-electron chi connectivity index (χ4n) is 1.80. The highest BCUT2D eigenvalue weighted by Gasteiger charge is 2.19. The number of rotatable bonds is 5. The van der Waals surface area contributed by atoms with Crippen LogP contribution in [0, 0.1) is 5.92 Å². The van der Waals surface area contributed by atoms with Crippen LogP contribution in [-0.4, -0.2) is 52.8 Å². The maximum atomic E-state index is 11.2. The summed E-state index contributed by atoms with van der Waals surface area (Å²) in [5, 5.41) is 3.48. The van der Waals surface area contributed by atoms with E-state index < -0.39 is 10.8 Å². The van der Waals surface area contributed by atoms with Crippen molar-refractivity contribution < 1.29 is 4.21 Å². The van der Waals surface area contributed by atoms with Crippen LogP contribution in [0.4, 0.5) is 0 Å². The van der Waals surface area contributed by atoms with E-state index in [1.165, 1.54) is 0 Å². The molecule has 0 bridgehead atoms. The van der Waals surface area contributed by atoms with Crippen LogP contribution >= 0.6 is 0 Å². The first-order valence-electron chi connectivity index (χ1n) is 5.89. The van der Waals surface area contributed by atoms with Crippen molar-refractivity contribution in [3.05, 3.63) is 0 Å². The fourth-order valence-corrected chi connectivity index (χ4v) is 2.88. The molecule has 1 atom stereocenters. The molecule has 0 spiro atoms. The molecular formula is C11H24N2OS. The molecule has 1 heterocycles. The van der Waals surface area contributed by atoms with E-state index in [1.807, 2.05) is 0 Å². The Kier molecular flexibility index (Phi) is 5.79. The molecule has 0 aromatic carbocycles. The molecule has 0 aromatic heterocycles. The van der Waals surface area contributed by atoms with Gasteiger partial charge in [0.05, 0.1) is 0 Å². The van der Waals surface area contributed by atoms with Crippen molar-refractivity contribution >= 4 is 10.8 Å². The summed E-state index contributed by atoms with van der Waals surface area (Å²) in [5.41, 5.74) is 0. The molecule has 1 unspecified atom stereocenters. The van der Waals surface area contributed by atoms with Crippen molar-refractivity contribution in [2.24, 2.45) is 5.92 Å². The highest BCUT2D eigenvalue weighted by molar-refractivity contribution is 7.85. The smallest absolute Gasteiger partial charge is 0.0363 e. The lowest BCUT2D eigenvalue weighted by atomic mass is 10.2. The molecule has 1 N–H and O–H groups in total. The first-order valence-corrected chi connectivity index (χ1v) is 7.38. The molecule has 1 aliphatic rings. The predicted molar refractivity (Wildman–Crippen MR) is 66.6 cm³/mol. The standard InChI is InChI=1S/C11H24N2OS/c1-10(2)8-12-9-11(3)13-4-6-15(14)7-5-13/h10-12H,4-9H2,1-3H3. The SMILES string of the molecule is CC(C)CNCC(C)N1CCS(=O)CC1. The average molecular weight is 232 g/mol. The highest BCUT2D eigenvalue weighted by Crippen LogP contribution is 2.04. The molecule has 0 saturated carbocycles. The molecule has 0 aromatic rings. The highest BCUT2D eigenvalue weighted by atomic mass is 32.2. The van der Waals surface area contributed by atoms with E-state index >= 15 is 0 Å². The van der Waals surface area contributed by atoms with Gasteiger partial charge in [0.1, 0.15) is 0 Å². The summed E-state index contributed by atoms with van der Waals surface area (Å²) in [6, 6.07) is 0.570. The van der Waals surface area contributed by atoms with E-state index in [-0.39, 0.29) is 0 Å². The molecule has 1 rings (SSSR count). The third kappa shape index (κ3) is 5.09. The second-order valence-electron chi connectivity index (χ2n) is 4.79. The fraction of sp³-hybridized carbons (Fsp3) is 1.00. The Balaban J connectivity index is 2.16. The summed E-state index contributed by atoms with van der Waals surface area (Å²) < 4.78 is 11.2. The molecule has 0 radical (unpaired) electrons. The minimum Gasteiger partial charge on any atom is -0.315 e. The van der Waals surface area contributed by atoms with E-state index in [2.05, 4.69) is 31.0 Å². The van der Waals surface area contributed by atoms with Gasteiger partial charge in [-0.3, -0.25) is 9.11 Å². The van der Waals surface area contributed by atoms with E-state index in [1.54, 1.807) is 0 Å². The van der Waals surface area contributed by atoms with Crippen molar-refractivity contribution in [1.29, 1.82) is 0 Å². The molecule has 15 heavy (non-hydrogen) atoms. The molecule has 1 aliphatic heterocycles. The minimum absolute atomic E-state index is 0.553. The van der Waals surface area contributed by atoms with Gasteiger partial charge in [-0.15, -0.1) is 0 Å². The number of nitrogens with one attached hydrogen (secondary N) is 1. The zero-order valence-electron chi connectivity index (χ0n) is 10.2. The molecular weight excluding hydrogens is 208 g/mol. The van der Waals surface area contributed by atoms with Gasteiger partial charge in [-0.25, -0.2) is 0 Å². The zero-order valence-corrected chi connectivity index (χ0v) is 11.0. The summed E-state index contributed by atoms with van der Waals surface area (Å²) in [4.78, 5) is 2.44. The molecule has 3 nitrogen and oxygen atoms in total. The van der Waals surface area contributed by atoms with E-state index in [4.69, 9.17) is 0 Å². The van der Waals surface area contributed by atoms with Gasteiger partial charge >= 0.3 is 0 Å². The van der Waals surface area contributed by atoms with Gasteiger partial charge in [0.2, 0.25) is 0 Å². The first kappa shape index (κ1) is 13.1. The number of nitrogens with zero attached hydrogens (tertiary/aromatic N) is 1. The Bertz CT molecular complexity index is 199.